The van der Waals surface area contributed by atoms with Crippen molar-refractivity contribution in [1.82, 2.24) is 9.78 Å². The third-order valence-corrected chi connectivity index (χ3v) is 2.51. The van der Waals surface area contributed by atoms with Crippen LogP contribution in [0.3, 0.4) is 0 Å². The van der Waals surface area contributed by atoms with E-state index in [2.05, 4.69) is 10.4 Å². The second-order valence-electron chi connectivity index (χ2n) is 3.86. The van der Waals surface area contributed by atoms with Crippen molar-refractivity contribution in [2.24, 2.45) is 5.73 Å². The van der Waals surface area contributed by atoms with Crippen LogP contribution in [-0.2, 0) is 4.74 Å². The van der Waals surface area contributed by atoms with Gasteiger partial charge >= 0.3 is 12.0 Å². The van der Waals surface area contributed by atoms with Crippen LogP contribution in [0.1, 0.15) is 17.3 Å². The van der Waals surface area contributed by atoms with Gasteiger partial charge in [-0.15, -0.1) is 0 Å². The summed E-state index contributed by atoms with van der Waals surface area (Å²) in [5.74, 6) is -0.388. The van der Waals surface area contributed by atoms with Gasteiger partial charge in [0.1, 0.15) is 5.56 Å². The van der Waals surface area contributed by atoms with Crippen molar-refractivity contribution >= 4 is 17.8 Å². The third-order valence-electron chi connectivity index (χ3n) is 2.51. The number of aromatic nitrogens is 2. The van der Waals surface area contributed by atoms with Gasteiger partial charge in [0.25, 0.3) is 0 Å². The molecule has 0 aliphatic carbocycles. The lowest BCUT2D eigenvalue weighted by molar-refractivity contribution is 0.0527. The van der Waals surface area contributed by atoms with Crippen LogP contribution in [0.4, 0.5) is 10.6 Å². The Morgan fingerprint density at radius 2 is 2.05 bits per heavy atom. The number of nitrogens with one attached hydrogen (secondary N) is 1. The quantitative estimate of drug-likeness (QED) is 0.826. The highest BCUT2D eigenvalue weighted by Crippen LogP contribution is 2.20. The first-order valence-electron chi connectivity index (χ1n) is 6.00. The Bertz CT molecular complexity index is 622. The van der Waals surface area contributed by atoms with E-state index in [-0.39, 0.29) is 18.0 Å². The number of carbonyl (C=O) groups excluding carboxylic acids is 2. The molecule has 104 valence electrons. The van der Waals surface area contributed by atoms with Gasteiger partial charge in [-0.1, -0.05) is 18.2 Å². The highest BCUT2D eigenvalue weighted by molar-refractivity contribution is 5.99. The van der Waals surface area contributed by atoms with Gasteiger partial charge in [0.05, 0.1) is 18.5 Å². The number of esters is 1. The maximum absolute atomic E-state index is 11.8. The molecule has 0 unspecified atom stereocenters. The molecule has 1 aromatic heterocycles. The lowest BCUT2D eigenvalue weighted by Gasteiger charge is -2.09. The summed E-state index contributed by atoms with van der Waals surface area (Å²) in [5, 5.41) is 6.49. The minimum atomic E-state index is -0.784. The van der Waals surface area contributed by atoms with Crippen LogP contribution in [0.5, 0.6) is 0 Å². The van der Waals surface area contributed by atoms with Crippen LogP contribution in [0.2, 0.25) is 0 Å². The summed E-state index contributed by atoms with van der Waals surface area (Å²) in [6.45, 7) is 1.92. The second kappa shape index (κ2) is 5.87. The van der Waals surface area contributed by atoms with E-state index >= 15 is 0 Å². The summed E-state index contributed by atoms with van der Waals surface area (Å²) in [7, 11) is 0. The fourth-order valence-corrected chi connectivity index (χ4v) is 1.71. The first-order valence-corrected chi connectivity index (χ1v) is 6.00. The van der Waals surface area contributed by atoms with Crippen LogP contribution in [-0.4, -0.2) is 28.4 Å². The number of primary amides is 1. The lowest BCUT2D eigenvalue weighted by Crippen LogP contribution is -2.23. The van der Waals surface area contributed by atoms with E-state index in [1.807, 2.05) is 18.2 Å². The monoisotopic (exact) mass is 274 g/mol. The fourth-order valence-electron chi connectivity index (χ4n) is 1.71. The van der Waals surface area contributed by atoms with E-state index < -0.39 is 12.0 Å². The number of amides is 2. The number of hydrogen-bond donors (Lipinski definition) is 2. The smallest absolute Gasteiger partial charge is 0.343 e. The number of hydrogen-bond acceptors (Lipinski definition) is 4. The van der Waals surface area contributed by atoms with Crippen molar-refractivity contribution < 1.29 is 14.3 Å². The van der Waals surface area contributed by atoms with Crippen LogP contribution >= 0.6 is 0 Å². The van der Waals surface area contributed by atoms with Gasteiger partial charge in [0, 0.05) is 0 Å². The van der Waals surface area contributed by atoms with Gasteiger partial charge in [0.15, 0.2) is 5.82 Å². The van der Waals surface area contributed by atoms with Gasteiger partial charge in [0.2, 0.25) is 0 Å². The van der Waals surface area contributed by atoms with Crippen LogP contribution < -0.4 is 11.1 Å². The summed E-state index contributed by atoms with van der Waals surface area (Å²) < 4.78 is 6.33. The molecule has 3 N–H and O–H groups in total. The van der Waals surface area contributed by atoms with E-state index in [0.29, 0.717) is 5.69 Å². The molecule has 0 radical (unpaired) electrons. The standard InChI is InChI=1S/C13H14N4O3/c1-2-20-12(18)10-8-15-17(11(10)16-13(14)19)9-6-4-3-5-7-9/h3-8H,2H2,1H3,(H3,14,16,19). The number of para-hydroxylation sites is 1. The van der Waals surface area contributed by atoms with E-state index in [4.69, 9.17) is 10.5 Å². The van der Waals surface area contributed by atoms with E-state index in [0.717, 1.165) is 0 Å². The van der Waals surface area contributed by atoms with Gasteiger partial charge in [-0.3, -0.25) is 5.32 Å². The molecule has 0 saturated heterocycles. The highest BCUT2D eigenvalue weighted by Gasteiger charge is 2.20. The molecular formula is C13H14N4O3. The number of rotatable bonds is 4. The zero-order valence-electron chi connectivity index (χ0n) is 10.9. The summed E-state index contributed by atoms with van der Waals surface area (Å²) in [6.07, 6.45) is 1.33. The third kappa shape index (κ3) is 2.77. The Morgan fingerprint density at radius 1 is 1.35 bits per heavy atom. The number of anilines is 1. The summed E-state index contributed by atoms with van der Waals surface area (Å²) in [4.78, 5) is 22.9. The molecule has 7 heteroatoms. The van der Waals surface area contributed by atoms with Crippen LogP contribution in [0, 0.1) is 0 Å². The molecular weight excluding hydrogens is 260 g/mol. The zero-order chi connectivity index (χ0) is 14.5. The molecule has 0 spiro atoms. The number of benzene rings is 1. The summed E-state index contributed by atoms with van der Waals surface area (Å²) in [5.41, 5.74) is 5.96. The van der Waals surface area contributed by atoms with Crippen molar-refractivity contribution in [2.45, 2.75) is 6.92 Å². The van der Waals surface area contributed by atoms with Gasteiger partial charge in [-0.2, -0.15) is 5.10 Å². The average Bonchev–Trinajstić information content (AvgIpc) is 2.83. The largest absolute Gasteiger partial charge is 0.462 e. The maximum atomic E-state index is 11.8. The van der Waals surface area contributed by atoms with Crippen molar-refractivity contribution in [2.75, 3.05) is 11.9 Å². The fraction of sp³-hybridized carbons (Fsp3) is 0.154. The normalized spacial score (nSPS) is 10.1. The molecule has 2 amide bonds. The molecule has 0 fully saturated rings. The highest BCUT2D eigenvalue weighted by atomic mass is 16.5. The summed E-state index contributed by atoms with van der Waals surface area (Å²) in [6, 6.07) is 8.26. The number of nitrogens with zero attached hydrogens (tertiary/aromatic N) is 2. The number of nitrogens with two attached hydrogens (primary N) is 1. The molecule has 2 aromatic rings. The maximum Gasteiger partial charge on any atom is 0.343 e. The zero-order valence-corrected chi connectivity index (χ0v) is 10.9. The predicted octanol–water partition coefficient (Wildman–Crippen LogP) is 1.54. The molecule has 2 rings (SSSR count). The minimum absolute atomic E-state index is 0.148. The van der Waals surface area contributed by atoms with Crippen LogP contribution in [0.25, 0.3) is 5.69 Å². The van der Waals surface area contributed by atoms with Crippen molar-refractivity contribution in [3.63, 3.8) is 0 Å². The van der Waals surface area contributed by atoms with E-state index in [1.54, 1.807) is 19.1 Å². The molecule has 20 heavy (non-hydrogen) atoms. The van der Waals surface area contributed by atoms with Crippen molar-refractivity contribution in [3.05, 3.63) is 42.1 Å². The lowest BCUT2D eigenvalue weighted by atomic mass is 10.3. The van der Waals surface area contributed by atoms with E-state index in [1.165, 1.54) is 10.9 Å². The van der Waals surface area contributed by atoms with Crippen molar-refractivity contribution in [1.29, 1.82) is 0 Å². The first-order chi connectivity index (χ1) is 9.63. The molecule has 7 nitrogen and oxygen atoms in total. The van der Waals surface area contributed by atoms with Crippen molar-refractivity contribution in [3.8, 4) is 5.69 Å². The molecule has 0 atom stereocenters. The Balaban J connectivity index is 2.47. The Labute approximate surface area is 115 Å². The molecule has 0 aliphatic rings. The molecule has 1 aromatic carbocycles. The van der Waals surface area contributed by atoms with Gasteiger partial charge in [-0.25, -0.2) is 14.3 Å². The Kier molecular flexibility index (Phi) is 3.99. The molecule has 0 saturated carbocycles. The average molecular weight is 274 g/mol. The summed E-state index contributed by atoms with van der Waals surface area (Å²) >= 11 is 0. The van der Waals surface area contributed by atoms with Gasteiger partial charge in [-0.05, 0) is 19.1 Å². The number of carbonyl (C=O) groups is 2. The Hall–Kier alpha value is -2.83. The number of ether oxygens (including phenoxy) is 1. The molecule has 0 aliphatic heterocycles. The predicted molar refractivity (Wildman–Crippen MR) is 72.7 cm³/mol. The SMILES string of the molecule is CCOC(=O)c1cnn(-c2ccccc2)c1NC(N)=O. The van der Waals surface area contributed by atoms with E-state index in [9.17, 15) is 9.59 Å². The van der Waals surface area contributed by atoms with Crippen LogP contribution in [0.15, 0.2) is 36.5 Å². The van der Waals surface area contributed by atoms with Gasteiger partial charge < -0.3 is 10.5 Å². The first kappa shape index (κ1) is 13.6. The minimum Gasteiger partial charge on any atom is -0.462 e. The second-order valence-corrected chi connectivity index (χ2v) is 3.86. The topological polar surface area (TPSA) is 99.2 Å². The molecule has 1 heterocycles. The Morgan fingerprint density at radius 3 is 2.65 bits per heavy atom. The molecule has 0 bridgehead atoms. The number of urea groups is 1.